The van der Waals surface area contributed by atoms with Crippen LogP contribution in [0.5, 0.6) is 0 Å². The summed E-state index contributed by atoms with van der Waals surface area (Å²) >= 11 is 5.87. The molecule has 0 saturated heterocycles. The topological polar surface area (TPSA) is 37.8 Å². The number of halogens is 1. The van der Waals surface area contributed by atoms with Crippen molar-refractivity contribution in [2.75, 3.05) is 5.32 Å². The Hall–Kier alpha value is -0.830. The van der Waals surface area contributed by atoms with Gasteiger partial charge in [-0.05, 0) is 30.9 Å². The molecule has 1 aromatic heterocycles. The summed E-state index contributed by atoms with van der Waals surface area (Å²) in [5, 5.41) is 3.88. The molecule has 17 heavy (non-hydrogen) atoms. The van der Waals surface area contributed by atoms with Gasteiger partial charge in [0.25, 0.3) is 0 Å². The van der Waals surface area contributed by atoms with E-state index in [2.05, 4.69) is 22.2 Å². The van der Waals surface area contributed by atoms with Gasteiger partial charge in [0.2, 0.25) is 5.28 Å². The third-order valence-electron chi connectivity index (χ3n) is 3.30. The summed E-state index contributed by atoms with van der Waals surface area (Å²) in [6.45, 7) is 2.17. The Morgan fingerprint density at radius 2 is 2.12 bits per heavy atom. The first-order valence-electron chi connectivity index (χ1n) is 6.57. The normalized spacial score (nSPS) is 17.1. The molecular weight excluding hydrogens is 234 g/mol. The van der Waals surface area contributed by atoms with Crippen molar-refractivity contribution in [1.29, 1.82) is 0 Å². The Labute approximate surface area is 108 Å². The lowest BCUT2D eigenvalue weighted by atomic mass is 9.95. The van der Waals surface area contributed by atoms with Crippen molar-refractivity contribution in [2.45, 2.75) is 57.9 Å². The number of aromatic nitrogens is 2. The molecule has 1 fully saturated rings. The zero-order chi connectivity index (χ0) is 12.1. The van der Waals surface area contributed by atoms with Crippen molar-refractivity contribution in [3.8, 4) is 0 Å². The Bertz CT molecular complexity index is 362. The number of hydrogen-bond acceptors (Lipinski definition) is 3. The standard InChI is InChI=1S/C13H20ClN3/c1-2-6-10-9-15-13(14)17-12(10)16-11-7-4-3-5-8-11/h9,11H,2-8H2,1H3,(H,15,16,17). The lowest BCUT2D eigenvalue weighted by Crippen LogP contribution is -2.23. The molecule has 0 amide bonds. The third-order valence-corrected chi connectivity index (χ3v) is 3.48. The molecule has 0 bridgehead atoms. The molecular formula is C13H20ClN3. The lowest BCUT2D eigenvalue weighted by Gasteiger charge is -2.24. The van der Waals surface area contributed by atoms with Crippen molar-refractivity contribution >= 4 is 17.4 Å². The SMILES string of the molecule is CCCc1cnc(Cl)nc1NC1CCCCC1. The molecule has 1 N–H and O–H groups in total. The number of nitrogens with one attached hydrogen (secondary N) is 1. The molecule has 0 spiro atoms. The summed E-state index contributed by atoms with van der Waals surface area (Å²) in [6, 6.07) is 0.560. The van der Waals surface area contributed by atoms with E-state index in [0.717, 1.165) is 18.7 Å². The number of rotatable bonds is 4. The summed E-state index contributed by atoms with van der Waals surface area (Å²) in [5.41, 5.74) is 1.18. The van der Waals surface area contributed by atoms with Gasteiger partial charge in [0.05, 0.1) is 0 Å². The van der Waals surface area contributed by atoms with Crippen molar-refractivity contribution in [3.63, 3.8) is 0 Å². The monoisotopic (exact) mass is 253 g/mol. The van der Waals surface area contributed by atoms with E-state index >= 15 is 0 Å². The Morgan fingerprint density at radius 1 is 1.35 bits per heavy atom. The van der Waals surface area contributed by atoms with Crippen molar-refractivity contribution in [2.24, 2.45) is 0 Å². The first-order valence-corrected chi connectivity index (χ1v) is 6.95. The number of nitrogens with zero attached hydrogens (tertiary/aromatic N) is 2. The van der Waals surface area contributed by atoms with Crippen LogP contribution in [0.3, 0.4) is 0 Å². The smallest absolute Gasteiger partial charge is 0.224 e. The van der Waals surface area contributed by atoms with E-state index in [-0.39, 0.29) is 0 Å². The highest BCUT2D eigenvalue weighted by molar-refractivity contribution is 6.28. The molecule has 1 heterocycles. The predicted molar refractivity (Wildman–Crippen MR) is 71.5 cm³/mol. The van der Waals surface area contributed by atoms with Gasteiger partial charge < -0.3 is 5.32 Å². The van der Waals surface area contributed by atoms with Crippen molar-refractivity contribution < 1.29 is 0 Å². The Balaban J connectivity index is 2.08. The summed E-state index contributed by atoms with van der Waals surface area (Å²) in [4.78, 5) is 8.39. The molecule has 2 rings (SSSR count). The van der Waals surface area contributed by atoms with E-state index in [0.29, 0.717) is 11.3 Å². The molecule has 1 saturated carbocycles. The van der Waals surface area contributed by atoms with Gasteiger partial charge in [-0.15, -0.1) is 0 Å². The van der Waals surface area contributed by atoms with E-state index in [1.807, 2.05) is 6.20 Å². The first kappa shape index (κ1) is 12.6. The van der Waals surface area contributed by atoms with Gasteiger partial charge in [-0.3, -0.25) is 0 Å². The number of aryl methyl sites for hydroxylation is 1. The van der Waals surface area contributed by atoms with Crippen LogP contribution in [0.4, 0.5) is 5.82 Å². The van der Waals surface area contributed by atoms with E-state index < -0.39 is 0 Å². The average Bonchev–Trinajstić information content (AvgIpc) is 2.34. The number of anilines is 1. The van der Waals surface area contributed by atoms with Crippen LogP contribution in [-0.4, -0.2) is 16.0 Å². The van der Waals surface area contributed by atoms with Crippen LogP contribution in [0.25, 0.3) is 0 Å². The molecule has 94 valence electrons. The fourth-order valence-electron chi connectivity index (χ4n) is 2.40. The molecule has 0 aliphatic heterocycles. The molecule has 0 radical (unpaired) electrons. The molecule has 1 aromatic rings. The van der Waals surface area contributed by atoms with Gasteiger partial charge in [-0.2, -0.15) is 0 Å². The quantitative estimate of drug-likeness (QED) is 0.829. The molecule has 4 heteroatoms. The largest absolute Gasteiger partial charge is 0.367 e. The summed E-state index contributed by atoms with van der Waals surface area (Å²) < 4.78 is 0. The fraction of sp³-hybridized carbons (Fsp3) is 0.692. The highest BCUT2D eigenvalue weighted by Crippen LogP contribution is 2.23. The first-order chi connectivity index (χ1) is 8.29. The minimum atomic E-state index is 0.336. The van der Waals surface area contributed by atoms with Gasteiger partial charge in [0, 0.05) is 17.8 Å². The van der Waals surface area contributed by atoms with Crippen molar-refractivity contribution in [1.82, 2.24) is 9.97 Å². The van der Waals surface area contributed by atoms with Crippen molar-refractivity contribution in [3.05, 3.63) is 17.0 Å². The second kappa shape index (κ2) is 6.20. The van der Waals surface area contributed by atoms with Gasteiger partial charge in [-0.1, -0.05) is 32.6 Å². The Kier molecular flexibility index (Phi) is 4.60. The summed E-state index contributed by atoms with van der Waals surface area (Å²) in [5.74, 6) is 0.943. The number of hydrogen-bond donors (Lipinski definition) is 1. The lowest BCUT2D eigenvalue weighted by molar-refractivity contribution is 0.461. The predicted octanol–water partition coefficient (Wildman–Crippen LogP) is 3.83. The van der Waals surface area contributed by atoms with Crippen LogP contribution in [0.15, 0.2) is 6.20 Å². The average molecular weight is 254 g/mol. The second-order valence-corrected chi connectivity index (χ2v) is 5.08. The van der Waals surface area contributed by atoms with E-state index in [1.54, 1.807) is 0 Å². The maximum atomic E-state index is 5.87. The molecule has 3 nitrogen and oxygen atoms in total. The summed E-state index contributed by atoms with van der Waals surface area (Å²) in [6.07, 6.45) is 10.4. The van der Waals surface area contributed by atoms with Gasteiger partial charge in [-0.25, -0.2) is 9.97 Å². The maximum Gasteiger partial charge on any atom is 0.224 e. The van der Waals surface area contributed by atoms with Gasteiger partial charge in [0.15, 0.2) is 0 Å². The zero-order valence-corrected chi connectivity index (χ0v) is 11.1. The van der Waals surface area contributed by atoms with E-state index in [4.69, 9.17) is 11.6 Å². The maximum absolute atomic E-state index is 5.87. The zero-order valence-electron chi connectivity index (χ0n) is 10.4. The van der Waals surface area contributed by atoms with E-state index in [9.17, 15) is 0 Å². The minimum absolute atomic E-state index is 0.336. The van der Waals surface area contributed by atoms with Crippen LogP contribution in [0.1, 0.15) is 51.0 Å². The summed E-state index contributed by atoms with van der Waals surface area (Å²) in [7, 11) is 0. The van der Waals surface area contributed by atoms with Gasteiger partial charge in [0.1, 0.15) is 5.82 Å². The van der Waals surface area contributed by atoms with Crippen LogP contribution >= 0.6 is 11.6 Å². The third kappa shape index (κ3) is 3.56. The highest BCUT2D eigenvalue weighted by Gasteiger charge is 2.15. The molecule has 0 unspecified atom stereocenters. The van der Waals surface area contributed by atoms with E-state index in [1.165, 1.54) is 37.7 Å². The molecule has 1 aliphatic carbocycles. The Morgan fingerprint density at radius 3 is 2.82 bits per heavy atom. The van der Waals surface area contributed by atoms with Crippen LogP contribution in [-0.2, 0) is 6.42 Å². The molecule has 1 aliphatic rings. The van der Waals surface area contributed by atoms with Gasteiger partial charge >= 0.3 is 0 Å². The highest BCUT2D eigenvalue weighted by atomic mass is 35.5. The fourth-order valence-corrected chi connectivity index (χ4v) is 2.54. The van der Waals surface area contributed by atoms with Crippen LogP contribution in [0, 0.1) is 0 Å². The van der Waals surface area contributed by atoms with Crippen LogP contribution < -0.4 is 5.32 Å². The molecule has 0 aromatic carbocycles. The molecule has 0 atom stereocenters. The van der Waals surface area contributed by atoms with Crippen LogP contribution in [0.2, 0.25) is 5.28 Å². The minimum Gasteiger partial charge on any atom is -0.367 e. The second-order valence-electron chi connectivity index (χ2n) is 4.74.